The number of carboxylic acids is 1. The average Bonchev–Trinajstić information content (AvgIpc) is 2.59. The van der Waals surface area contributed by atoms with Crippen molar-refractivity contribution >= 4 is 27.7 Å². The lowest BCUT2D eigenvalue weighted by Crippen LogP contribution is -2.40. The van der Waals surface area contributed by atoms with Gasteiger partial charge in [0.05, 0.1) is 18.1 Å². The van der Waals surface area contributed by atoms with Crippen LogP contribution in [-0.4, -0.2) is 62.7 Å². The first-order valence-electron chi connectivity index (χ1n) is 7.84. The Morgan fingerprint density at radius 2 is 1.96 bits per heavy atom. The zero-order valence-corrected chi connectivity index (χ0v) is 14.4. The van der Waals surface area contributed by atoms with E-state index in [1.165, 1.54) is 16.4 Å². The number of hydrogen-bond acceptors (Lipinski definition) is 5. The summed E-state index contributed by atoms with van der Waals surface area (Å²) in [7, 11) is -3.63. The van der Waals surface area contributed by atoms with E-state index in [4.69, 9.17) is 9.84 Å². The van der Waals surface area contributed by atoms with Crippen LogP contribution in [0.25, 0.3) is 0 Å². The highest BCUT2D eigenvalue weighted by Gasteiger charge is 2.26. The Bertz CT molecular complexity index is 716. The van der Waals surface area contributed by atoms with Crippen molar-refractivity contribution in [2.24, 2.45) is 0 Å². The first-order chi connectivity index (χ1) is 11.9. The van der Waals surface area contributed by atoms with E-state index >= 15 is 0 Å². The molecule has 0 radical (unpaired) electrons. The summed E-state index contributed by atoms with van der Waals surface area (Å²) in [6.07, 6.45) is 0.280. The number of amides is 2. The van der Waals surface area contributed by atoms with Crippen LogP contribution in [0.5, 0.6) is 0 Å². The van der Waals surface area contributed by atoms with E-state index in [0.717, 1.165) is 0 Å². The average molecular weight is 371 g/mol. The third-order valence-corrected chi connectivity index (χ3v) is 5.45. The summed E-state index contributed by atoms with van der Waals surface area (Å²) in [5.74, 6) is -0.928. The van der Waals surface area contributed by atoms with Gasteiger partial charge in [-0.15, -0.1) is 0 Å². The number of morpholine rings is 1. The van der Waals surface area contributed by atoms with E-state index in [1.54, 1.807) is 12.1 Å². The number of benzene rings is 1. The molecule has 1 aliphatic heterocycles. The van der Waals surface area contributed by atoms with Crippen LogP contribution in [0, 0.1) is 0 Å². The van der Waals surface area contributed by atoms with Crippen molar-refractivity contribution in [3.63, 3.8) is 0 Å². The summed E-state index contributed by atoms with van der Waals surface area (Å²) < 4.78 is 31.7. The van der Waals surface area contributed by atoms with E-state index in [2.05, 4.69) is 10.6 Å². The molecule has 0 atom stereocenters. The fraction of sp³-hybridized carbons (Fsp3) is 0.467. The number of carbonyl (C=O) groups excluding carboxylic acids is 1. The number of sulfonamides is 1. The topological polar surface area (TPSA) is 125 Å². The predicted octanol–water partition coefficient (Wildman–Crippen LogP) is 0.694. The number of carbonyl (C=O) groups is 2. The molecule has 1 heterocycles. The second-order valence-corrected chi connectivity index (χ2v) is 7.36. The molecule has 0 unspecified atom stereocenters. The summed E-state index contributed by atoms with van der Waals surface area (Å²) in [5.41, 5.74) is 0.338. The largest absolute Gasteiger partial charge is 0.481 e. The molecule has 9 nitrogen and oxygen atoms in total. The predicted molar refractivity (Wildman–Crippen MR) is 89.9 cm³/mol. The first kappa shape index (κ1) is 19.2. The molecule has 3 N–H and O–H groups in total. The minimum absolute atomic E-state index is 0.0342. The number of nitrogens with zero attached hydrogens (tertiary/aromatic N) is 1. The number of anilines is 1. The van der Waals surface area contributed by atoms with Gasteiger partial charge in [-0.2, -0.15) is 4.31 Å². The maximum atomic E-state index is 12.6. The third kappa shape index (κ3) is 5.69. The van der Waals surface area contributed by atoms with Gasteiger partial charge in [-0.05, 0) is 24.6 Å². The number of rotatable bonds is 7. The molecule has 0 bridgehead atoms. The van der Waals surface area contributed by atoms with Crippen molar-refractivity contribution in [2.75, 3.05) is 38.2 Å². The lowest BCUT2D eigenvalue weighted by atomic mass is 10.3. The molecule has 10 heteroatoms. The second-order valence-electron chi connectivity index (χ2n) is 5.42. The van der Waals surface area contributed by atoms with E-state index in [0.29, 0.717) is 38.4 Å². The van der Waals surface area contributed by atoms with Gasteiger partial charge in [-0.25, -0.2) is 13.2 Å². The molecule has 1 aromatic carbocycles. The van der Waals surface area contributed by atoms with E-state index in [9.17, 15) is 18.0 Å². The van der Waals surface area contributed by atoms with Crippen LogP contribution in [0.15, 0.2) is 29.2 Å². The smallest absolute Gasteiger partial charge is 0.319 e. The molecule has 138 valence electrons. The van der Waals surface area contributed by atoms with Crippen molar-refractivity contribution in [1.29, 1.82) is 0 Å². The van der Waals surface area contributed by atoms with Crippen LogP contribution in [0.3, 0.4) is 0 Å². The summed E-state index contributed by atoms with van der Waals surface area (Å²) in [6, 6.07) is 5.47. The Labute approximate surface area is 146 Å². The Kier molecular flexibility index (Phi) is 6.73. The summed E-state index contributed by atoms with van der Waals surface area (Å²) in [5, 5.41) is 13.6. The molecule has 0 aliphatic carbocycles. The summed E-state index contributed by atoms with van der Waals surface area (Å²) in [4.78, 5) is 22.3. The van der Waals surface area contributed by atoms with E-state index in [1.807, 2.05) is 0 Å². The lowest BCUT2D eigenvalue weighted by Gasteiger charge is -2.26. The number of carboxylic acid groups (broad SMARTS) is 1. The molecule has 2 amide bonds. The normalized spacial score (nSPS) is 15.5. The summed E-state index contributed by atoms with van der Waals surface area (Å²) >= 11 is 0. The third-order valence-electron chi connectivity index (χ3n) is 3.55. The highest BCUT2D eigenvalue weighted by atomic mass is 32.2. The van der Waals surface area contributed by atoms with Crippen molar-refractivity contribution in [3.05, 3.63) is 24.3 Å². The molecule has 1 aliphatic rings. The molecule has 25 heavy (non-hydrogen) atoms. The summed E-state index contributed by atoms with van der Waals surface area (Å²) in [6.45, 7) is 1.52. The van der Waals surface area contributed by atoms with Crippen molar-refractivity contribution in [3.8, 4) is 0 Å². The van der Waals surface area contributed by atoms with Gasteiger partial charge in [-0.3, -0.25) is 4.79 Å². The van der Waals surface area contributed by atoms with Gasteiger partial charge >= 0.3 is 12.0 Å². The molecule has 1 aromatic rings. The molecule has 0 saturated carbocycles. The van der Waals surface area contributed by atoms with Crippen molar-refractivity contribution in [2.45, 2.75) is 17.7 Å². The van der Waals surface area contributed by atoms with Crippen LogP contribution in [0.4, 0.5) is 10.5 Å². The van der Waals surface area contributed by atoms with Gasteiger partial charge < -0.3 is 20.5 Å². The highest BCUT2D eigenvalue weighted by Crippen LogP contribution is 2.20. The maximum Gasteiger partial charge on any atom is 0.319 e. The van der Waals surface area contributed by atoms with Crippen LogP contribution >= 0.6 is 0 Å². The zero-order chi connectivity index (χ0) is 18.3. The minimum atomic E-state index is -3.63. The van der Waals surface area contributed by atoms with E-state index in [-0.39, 0.29) is 17.9 Å². The van der Waals surface area contributed by atoms with Gasteiger partial charge in [-0.1, -0.05) is 6.07 Å². The van der Waals surface area contributed by atoms with Gasteiger partial charge in [0.25, 0.3) is 0 Å². The number of hydrogen-bond donors (Lipinski definition) is 3. The van der Waals surface area contributed by atoms with Crippen molar-refractivity contribution < 1.29 is 27.9 Å². The number of nitrogens with one attached hydrogen (secondary N) is 2. The Hall–Kier alpha value is -2.17. The van der Waals surface area contributed by atoms with Gasteiger partial charge in [0.2, 0.25) is 10.0 Å². The van der Waals surface area contributed by atoms with Crippen molar-refractivity contribution in [1.82, 2.24) is 9.62 Å². The molecular weight excluding hydrogens is 350 g/mol. The molecule has 2 rings (SSSR count). The monoisotopic (exact) mass is 371 g/mol. The van der Waals surface area contributed by atoms with Gasteiger partial charge in [0, 0.05) is 31.7 Å². The molecule has 0 aromatic heterocycles. The number of aliphatic carboxylic acids is 1. The molecule has 0 spiro atoms. The Morgan fingerprint density at radius 3 is 2.64 bits per heavy atom. The Balaban J connectivity index is 1.96. The second kappa shape index (κ2) is 8.79. The highest BCUT2D eigenvalue weighted by molar-refractivity contribution is 7.89. The SMILES string of the molecule is O=C(O)CCCNC(=O)Nc1cccc(S(=O)(=O)N2CCOCC2)c1. The van der Waals surface area contributed by atoms with Gasteiger partial charge in [0.15, 0.2) is 0 Å². The molecule has 1 fully saturated rings. The van der Waals surface area contributed by atoms with Crippen LogP contribution in [0.2, 0.25) is 0 Å². The van der Waals surface area contributed by atoms with Crippen LogP contribution < -0.4 is 10.6 Å². The zero-order valence-electron chi connectivity index (χ0n) is 13.6. The van der Waals surface area contributed by atoms with E-state index < -0.39 is 22.0 Å². The molecule has 1 saturated heterocycles. The maximum absolute atomic E-state index is 12.6. The standard InChI is InChI=1S/C15H21N3O6S/c19-14(20)5-2-6-16-15(21)17-12-3-1-4-13(11-12)25(22,23)18-7-9-24-10-8-18/h1,3-4,11H,2,5-10H2,(H,19,20)(H2,16,17,21). The van der Waals surface area contributed by atoms with Crippen LogP contribution in [0.1, 0.15) is 12.8 Å². The minimum Gasteiger partial charge on any atom is -0.481 e. The quantitative estimate of drug-likeness (QED) is 0.606. The molecular formula is C15H21N3O6S. The number of urea groups is 1. The van der Waals surface area contributed by atoms with Gasteiger partial charge in [0.1, 0.15) is 0 Å². The lowest BCUT2D eigenvalue weighted by molar-refractivity contribution is -0.137. The fourth-order valence-corrected chi connectivity index (χ4v) is 3.74. The fourth-order valence-electron chi connectivity index (χ4n) is 2.29. The first-order valence-corrected chi connectivity index (χ1v) is 9.28. The number of ether oxygens (including phenoxy) is 1. The van der Waals surface area contributed by atoms with Crippen LogP contribution in [-0.2, 0) is 19.6 Å². The Morgan fingerprint density at radius 1 is 1.24 bits per heavy atom.